The third kappa shape index (κ3) is 3.60. The quantitative estimate of drug-likeness (QED) is 0.591. The molecule has 0 saturated heterocycles. The van der Waals surface area contributed by atoms with E-state index >= 15 is 0 Å². The topological polar surface area (TPSA) is 15.6 Å². The molecule has 0 spiro atoms. The molecule has 0 unspecified atom stereocenters. The van der Waals surface area contributed by atoms with Gasteiger partial charge < -0.3 is 4.90 Å². The summed E-state index contributed by atoms with van der Waals surface area (Å²) in [6.07, 6.45) is 8.02. The Balaban J connectivity index is 2.49. The summed E-state index contributed by atoms with van der Waals surface area (Å²) in [5.74, 6) is 0. The Morgan fingerprint density at radius 1 is 1.05 bits per heavy atom. The van der Waals surface area contributed by atoms with E-state index < -0.39 is 0 Å². The summed E-state index contributed by atoms with van der Waals surface area (Å²) < 4.78 is 0. The maximum atomic E-state index is 4.04. The molecule has 2 rings (SSSR count). The number of anilines is 1. The summed E-state index contributed by atoms with van der Waals surface area (Å²) in [5.41, 5.74) is 3.59. The van der Waals surface area contributed by atoms with E-state index in [0.717, 1.165) is 0 Å². The van der Waals surface area contributed by atoms with Crippen molar-refractivity contribution in [1.29, 1.82) is 0 Å². The summed E-state index contributed by atoms with van der Waals surface area (Å²) in [6, 6.07) is 13.1. The maximum absolute atomic E-state index is 4.04. The molecule has 0 amide bonds. The van der Waals surface area contributed by atoms with Crippen LogP contribution in [0.5, 0.6) is 0 Å². The van der Waals surface area contributed by atoms with Gasteiger partial charge in [-0.1, -0.05) is 30.4 Å². The second kappa shape index (κ2) is 6.89. The molecule has 0 aliphatic rings. The predicted molar refractivity (Wildman–Crippen MR) is 95.5 cm³/mol. The monoisotopic (exact) mass is 278 g/mol. The van der Waals surface area contributed by atoms with Crippen LogP contribution in [-0.4, -0.2) is 27.4 Å². The molecule has 0 bridgehead atoms. The lowest BCUT2D eigenvalue weighted by Crippen LogP contribution is -2.07. The first-order valence-electron chi connectivity index (χ1n) is 7.12. The Morgan fingerprint density at radius 3 is 2.43 bits per heavy atom. The summed E-state index contributed by atoms with van der Waals surface area (Å²) in [5, 5.41) is 2.51. The number of nitrogens with zero attached hydrogens (tertiary/aromatic N) is 2. The minimum Gasteiger partial charge on any atom is -0.378 e. The molecule has 0 aromatic heterocycles. The largest absolute Gasteiger partial charge is 0.378 e. The molecule has 0 aliphatic heterocycles. The molecule has 0 N–H and O–H groups in total. The van der Waals surface area contributed by atoms with Crippen molar-refractivity contribution >= 4 is 28.2 Å². The number of rotatable bonds is 4. The Hall–Kier alpha value is -2.35. The normalized spacial score (nSPS) is 12.7. The highest BCUT2D eigenvalue weighted by atomic mass is 15.1. The fourth-order valence-corrected chi connectivity index (χ4v) is 2.27. The van der Waals surface area contributed by atoms with E-state index in [9.17, 15) is 0 Å². The van der Waals surface area contributed by atoms with Crippen molar-refractivity contribution in [3.63, 3.8) is 0 Å². The van der Waals surface area contributed by atoms with Crippen LogP contribution in [0, 0.1) is 0 Å². The number of allylic oxidation sites excluding steroid dienone is 4. The second-order valence-corrected chi connectivity index (χ2v) is 5.17. The van der Waals surface area contributed by atoms with Gasteiger partial charge >= 0.3 is 0 Å². The van der Waals surface area contributed by atoms with Crippen LogP contribution in [-0.2, 0) is 0 Å². The fraction of sp³-hybridized carbons (Fsp3) is 0.211. The fourth-order valence-electron chi connectivity index (χ4n) is 2.27. The first-order chi connectivity index (χ1) is 10.2. The van der Waals surface area contributed by atoms with Crippen LogP contribution in [0.1, 0.15) is 12.5 Å². The van der Waals surface area contributed by atoms with Gasteiger partial charge in [-0.2, -0.15) is 0 Å². The van der Waals surface area contributed by atoms with Crippen molar-refractivity contribution in [2.75, 3.05) is 26.0 Å². The van der Waals surface area contributed by atoms with E-state index in [1.54, 1.807) is 7.05 Å². The molecular formula is C19H22N2. The molecule has 21 heavy (non-hydrogen) atoms. The number of hydrogen-bond donors (Lipinski definition) is 0. The highest BCUT2D eigenvalue weighted by Crippen LogP contribution is 2.25. The standard InChI is InChI=1S/C19H22N2/c1-5-6-15(11-12-20-2)16-7-8-18-14-19(21(3)4)10-9-17(18)13-16/h5-14H,1-4H3/b6-5-,15-11+,20-12?. The molecule has 0 radical (unpaired) electrons. The predicted octanol–water partition coefficient (Wildman–Crippen LogP) is 4.57. The highest BCUT2D eigenvalue weighted by molar-refractivity contribution is 5.93. The third-order valence-electron chi connectivity index (χ3n) is 3.42. The lowest BCUT2D eigenvalue weighted by Gasteiger charge is -2.13. The third-order valence-corrected chi connectivity index (χ3v) is 3.42. The molecule has 2 heteroatoms. The molecule has 0 atom stereocenters. The Kier molecular flexibility index (Phi) is 4.94. The Morgan fingerprint density at radius 2 is 1.76 bits per heavy atom. The smallest absolute Gasteiger partial charge is 0.0367 e. The van der Waals surface area contributed by atoms with Crippen LogP contribution >= 0.6 is 0 Å². The molecule has 2 aromatic carbocycles. The highest BCUT2D eigenvalue weighted by Gasteiger charge is 2.02. The van der Waals surface area contributed by atoms with Gasteiger partial charge in [0, 0.05) is 33.0 Å². The number of hydrogen-bond acceptors (Lipinski definition) is 2. The van der Waals surface area contributed by atoms with Gasteiger partial charge in [0.25, 0.3) is 0 Å². The number of aliphatic imine (C=N–C) groups is 1. The Bertz CT molecular complexity index is 707. The van der Waals surface area contributed by atoms with Crippen LogP contribution in [0.2, 0.25) is 0 Å². The van der Waals surface area contributed by atoms with Crippen molar-refractivity contribution in [2.24, 2.45) is 4.99 Å². The summed E-state index contributed by atoms with van der Waals surface area (Å²) >= 11 is 0. The van der Waals surface area contributed by atoms with Gasteiger partial charge in [0.2, 0.25) is 0 Å². The average molecular weight is 278 g/mol. The average Bonchev–Trinajstić information content (AvgIpc) is 2.50. The summed E-state index contributed by atoms with van der Waals surface area (Å²) in [6.45, 7) is 2.03. The molecule has 0 heterocycles. The zero-order chi connectivity index (χ0) is 15.2. The van der Waals surface area contributed by atoms with Crippen LogP contribution in [0.4, 0.5) is 5.69 Å². The maximum Gasteiger partial charge on any atom is 0.0367 e. The minimum atomic E-state index is 1.17. The van der Waals surface area contributed by atoms with Gasteiger partial charge in [-0.05, 0) is 53.1 Å². The zero-order valence-electron chi connectivity index (χ0n) is 13.2. The lowest BCUT2D eigenvalue weighted by molar-refractivity contribution is 1.14. The van der Waals surface area contributed by atoms with E-state index in [-0.39, 0.29) is 0 Å². The zero-order valence-corrected chi connectivity index (χ0v) is 13.2. The van der Waals surface area contributed by atoms with E-state index in [0.29, 0.717) is 0 Å². The van der Waals surface area contributed by atoms with E-state index in [1.165, 1.54) is 27.6 Å². The van der Waals surface area contributed by atoms with Crippen molar-refractivity contribution in [3.05, 3.63) is 60.2 Å². The van der Waals surface area contributed by atoms with Crippen molar-refractivity contribution in [3.8, 4) is 0 Å². The molecule has 0 fully saturated rings. The van der Waals surface area contributed by atoms with Crippen LogP contribution in [0.25, 0.3) is 16.3 Å². The van der Waals surface area contributed by atoms with Gasteiger partial charge in [-0.15, -0.1) is 0 Å². The van der Waals surface area contributed by atoms with Crippen molar-refractivity contribution in [1.82, 2.24) is 0 Å². The second-order valence-electron chi connectivity index (χ2n) is 5.17. The van der Waals surface area contributed by atoms with Crippen LogP contribution in [0.3, 0.4) is 0 Å². The van der Waals surface area contributed by atoms with Gasteiger partial charge in [0.05, 0.1) is 0 Å². The molecule has 2 nitrogen and oxygen atoms in total. The van der Waals surface area contributed by atoms with E-state index in [2.05, 4.69) is 72.5 Å². The number of fused-ring (bicyclic) bond motifs is 1. The van der Waals surface area contributed by atoms with Gasteiger partial charge in [0.15, 0.2) is 0 Å². The van der Waals surface area contributed by atoms with E-state index in [1.807, 2.05) is 19.2 Å². The van der Waals surface area contributed by atoms with Gasteiger partial charge in [-0.3, -0.25) is 4.99 Å². The minimum absolute atomic E-state index is 1.17. The van der Waals surface area contributed by atoms with Crippen molar-refractivity contribution in [2.45, 2.75) is 6.92 Å². The number of benzene rings is 2. The van der Waals surface area contributed by atoms with Crippen molar-refractivity contribution < 1.29 is 0 Å². The van der Waals surface area contributed by atoms with Crippen LogP contribution in [0.15, 0.2) is 59.6 Å². The SMILES string of the molecule is C/C=C\C(=C/C=NC)c1ccc2cc(N(C)C)ccc2c1. The summed E-state index contributed by atoms with van der Waals surface area (Å²) in [4.78, 5) is 6.16. The molecule has 2 aromatic rings. The summed E-state index contributed by atoms with van der Waals surface area (Å²) in [7, 11) is 5.91. The molecule has 108 valence electrons. The van der Waals surface area contributed by atoms with Gasteiger partial charge in [0.1, 0.15) is 0 Å². The molecule has 0 aliphatic carbocycles. The first kappa shape index (κ1) is 15.0. The molecular weight excluding hydrogens is 256 g/mol. The van der Waals surface area contributed by atoms with Crippen LogP contribution < -0.4 is 4.90 Å². The first-order valence-corrected chi connectivity index (χ1v) is 7.12. The lowest BCUT2D eigenvalue weighted by atomic mass is 10.0. The molecule has 0 saturated carbocycles. The van der Waals surface area contributed by atoms with Gasteiger partial charge in [-0.25, -0.2) is 0 Å². The Labute approximate surface area is 127 Å². The van der Waals surface area contributed by atoms with E-state index in [4.69, 9.17) is 0 Å².